The molecule has 4 aromatic rings. The number of pyridine rings is 1. The number of hydrogen-bond acceptors (Lipinski definition) is 1. The third-order valence-corrected chi connectivity index (χ3v) is 5.64. The van der Waals surface area contributed by atoms with Gasteiger partial charge in [-0.3, -0.25) is 0 Å². The van der Waals surface area contributed by atoms with Crippen molar-refractivity contribution in [3.63, 3.8) is 0 Å². The molecule has 2 heterocycles. The summed E-state index contributed by atoms with van der Waals surface area (Å²) >= 11 is 0. The first-order valence-electron chi connectivity index (χ1n) is 9.51. The van der Waals surface area contributed by atoms with E-state index in [0.29, 0.717) is 33.4 Å². The summed E-state index contributed by atoms with van der Waals surface area (Å²) in [6.07, 6.45) is 2.12. The molecule has 0 N–H and O–H groups in total. The zero-order chi connectivity index (χ0) is 20.3. The lowest BCUT2D eigenvalue weighted by Crippen LogP contribution is -2.32. The first-order chi connectivity index (χ1) is 13.2. The second-order valence-electron chi connectivity index (χ2n) is 7.97. The van der Waals surface area contributed by atoms with Crippen molar-refractivity contribution in [2.75, 3.05) is 0 Å². The highest BCUT2D eigenvalue weighted by Gasteiger charge is 2.25. The van der Waals surface area contributed by atoms with Gasteiger partial charge in [0.2, 0.25) is 5.69 Å². The van der Waals surface area contributed by atoms with Crippen LogP contribution in [0.5, 0.6) is 0 Å². The van der Waals surface area contributed by atoms with Gasteiger partial charge in [-0.2, -0.15) is 0 Å². The molecule has 2 aromatic carbocycles. The molecule has 4 heteroatoms. The van der Waals surface area contributed by atoms with E-state index in [4.69, 9.17) is 4.42 Å². The number of aromatic nitrogens is 1. The molecule has 0 bridgehead atoms. The average molecular weight is 380 g/mol. The van der Waals surface area contributed by atoms with Gasteiger partial charge in [0.25, 0.3) is 0 Å². The molecule has 2 nitrogen and oxygen atoms in total. The second kappa shape index (κ2) is 6.40. The highest BCUT2D eigenvalue weighted by Crippen LogP contribution is 2.40. The van der Waals surface area contributed by atoms with Gasteiger partial charge in [0.1, 0.15) is 24.3 Å². The molecule has 4 rings (SSSR count). The van der Waals surface area contributed by atoms with Crippen LogP contribution in [0.25, 0.3) is 33.2 Å². The van der Waals surface area contributed by atoms with Crippen molar-refractivity contribution in [1.82, 2.24) is 0 Å². The maximum absolute atomic E-state index is 14.9. The quantitative estimate of drug-likeness (QED) is 0.368. The molecule has 0 saturated carbocycles. The monoisotopic (exact) mass is 380 g/mol. The van der Waals surface area contributed by atoms with Crippen molar-refractivity contribution in [3.8, 4) is 11.3 Å². The highest BCUT2D eigenvalue weighted by atomic mass is 19.1. The fourth-order valence-electron chi connectivity index (χ4n) is 4.14. The molecule has 0 radical (unpaired) electrons. The van der Waals surface area contributed by atoms with Crippen LogP contribution in [0.4, 0.5) is 8.78 Å². The first kappa shape index (κ1) is 18.6. The summed E-state index contributed by atoms with van der Waals surface area (Å²) in [5.74, 6) is -0.293. The topological polar surface area (TPSA) is 17.0 Å². The predicted octanol–water partition coefficient (Wildman–Crippen LogP) is 6.40. The van der Waals surface area contributed by atoms with E-state index in [1.165, 1.54) is 23.3 Å². The van der Waals surface area contributed by atoms with Gasteiger partial charge in [0.05, 0.1) is 10.9 Å². The minimum Gasteiger partial charge on any atom is -0.455 e. The largest absolute Gasteiger partial charge is 0.455 e. The Bertz CT molecular complexity index is 1250. The van der Waals surface area contributed by atoms with Crippen LogP contribution in [0.1, 0.15) is 42.0 Å². The van der Waals surface area contributed by atoms with Crippen molar-refractivity contribution in [3.05, 3.63) is 64.4 Å². The van der Waals surface area contributed by atoms with Gasteiger partial charge in [-0.25, -0.2) is 13.3 Å². The third kappa shape index (κ3) is 2.62. The Balaban J connectivity index is 2.14. The van der Waals surface area contributed by atoms with Gasteiger partial charge >= 0.3 is 0 Å². The summed E-state index contributed by atoms with van der Waals surface area (Å²) in [4.78, 5) is 0. The number of furan rings is 1. The molecule has 0 aliphatic carbocycles. The fraction of sp³-hybridized carbons (Fsp3) is 0.292. The lowest BCUT2D eigenvalue weighted by atomic mass is 9.95. The lowest BCUT2D eigenvalue weighted by molar-refractivity contribution is -0.660. The SMILES string of the molecule is Cc1cc(-c2c(C)cc(F)c3c2oc2c(C)c(F)ccc23)[n+](C)cc1C(C)C. The van der Waals surface area contributed by atoms with Gasteiger partial charge in [-0.05, 0) is 56.0 Å². The summed E-state index contributed by atoms with van der Waals surface area (Å²) in [6, 6.07) is 6.62. The van der Waals surface area contributed by atoms with Gasteiger partial charge in [0.15, 0.2) is 11.8 Å². The van der Waals surface area contributed by atoms with Crippen LogP contribution >= 0.6 is 0 Å². The molecule has 0 saturated heterocycles. The summed E-state index contributed by atoms with van der Waals surface area (Å²) in [5.41, 5.74) is 6.28. The molecule has 2 aromatic heterocycles. The molecule has 0 fully saturated rings. The van der Waals surface area contributed by atoms with E-state index in [9.17, 15) is 8.78 Å². The number of halogens is 2. The van der Waals surface area contributed by atoms with Crippen LogP contribution in [-0.2, 0) is 7.05 Å². The van der Waals surface area contributed by atoms with E-state index in [1.807, 2.05) is 14.0 Å². The van der Waals surface area contributed by atoms with Crippen molar-refractivity contribution >= 4 is 21.9 Å². The Morgan fingerprint density at radius 1 is 0.929 bits per heavy atom. The maximum Gasteiger partial charge on any atom is 0.216 e. The normalized spacial score (nSPS) is 11.9. The van der Waals surface area contributed by atoms with Crippen molar-refractivity contribution < 1.29 is 17.8 Å². The van der Waals surface area contributed by atoms with Crippen LogP contribution in [0.3, 0.4) is 0 Å². The van der Waals surface area contributed by atoms with Gasteiger partial charge in [-0.1, -0.05) is 13.8 Å². The summed E-state index contributed by atoms with van der Waals surface area (Å²) < 4.78 is 37.1. The number of benzene rings is 2. The van der Waals surface area contributed by atoms with Gasteiger partial charge < -0.3 is 4.42 Å². The molecule has 0 unspecified atom stereocenters. The maximum atomic E-state index is 14.9. The van der Waals surface area contributed by atoms with Crippen molar-refractivity contribution in [2.24, 2.45) is 7.05 Å². The molecular formula is C24H24F2NO+. The van der Waals surface area contributed by atoms with E-state index in [1.54, 1.807) is 13.0 Å². The number of aryl methyl sites for hydroxylation is 4. The van der Waals surface area contributed by atoms with Crippen LogP contribution < -0.4 is 4.57 Å². The number of hydrogen-bond donors (Lipinski definition) is 0. The average Bonchev–Trinajstić information content (AvgIpc) is 3.01. The molecule has 0 aliphatic heterocycles. The molecule has 144 valence electrons. The van der Waals surface area contributed by atoms with Crippen LogP contribution in [0, 0.1) is 32.4 Å². The van der Waals surface area contributed by atoms with Crippen molar-refractivity contribution in [2.45, 2.75) is 40.5 Å². The van der Waals surface area contributed by atoms with Crippen LogP contribution in [-0.4, -0.2) is 0 Å². The minimum atomic E-state index is -0.354. The van der Waals surface area contributed by atoms with Crippen LogP contribution in [0.2, 0.25) is 0 Å². The Morgan fingerprint density at radius 3 is 2.32 bits per heavy atom. The standard InChI is InChI=1S/C24H24F2NO/c1-12(2)17-11-27(6)20(10-13(17)3)21-14(4)9-19(26)22-16-7-8-18(25)15(5)23(16)28-24(21)22/h7-12H,1-6H3/q+1. The fourth-order valence-corrected chi connectivity index (χ4v) is 4.14. The minimum absolute atomic E-state index is 0.348. The molecule has 0 amide bonds. The molecular weight excluding hydrogens is 356 g/mol. The molecule has 0 atom stereocenters. The zero-order valence-electron chi connectivity index (χ0n) is 17.1. The Hall–Kier alpha value is -2.75. The number of fused-ring (bicyclic) bond motifs is 3. The Morgan fingerprint density at radius 2 is 1.64 bits per heavy atom. The van der Waals surface area contributed by atoms with Crippen molar-refractivity contribution in [1.29, 1.82) is 0 Å². The first-order valence-corrected chi connectivity index (χ1v) is 9.51. The smallest absolute Gasteiger partial charge is 0.216 e. The zero-order valence-corrected chi connectivity index (χ0v) is 17.1. The summed E-state index contributed by atoms with van der Waals surface area (Å²) in [7, 11) is 1.99. The summed E-state index contributed by atoms with van der Waals surface area (Å²) in [5, 5.41) is 1.01. The Labute approximate surface area is 163 Å². The van der Waals surface area contributed by atoms with E-state index in [-0.39, 0.29) is 11.6 Å². The number of rotatable bonds is 2. The highest BCUT2D eigenvalue weighted by molar-refractivity contribution is 6.10. The Kier molecular flexibility index (Phi) is 4.25. The predicted molar refractivity (Wildman–Crippen MR) is 109 cm³/mol. The van der Waals surface area contributed by atoms with E-state index < -0.39 is 0 Å². The van der Waals surface area contributed by atoms with E-state index >= 15 is 0 Å². The molecule has 0 aliphatic rings. The molecule has 0 spiro atoms. The van der Waals surface area contributed by atoms with Gasteiger partial charge in [0, 0.05) is 22.6 Å². The second-order valence-corrected chi connectivity index (χ2v) is 7.97. The van der Waals surface area contributed by atoms with Gasteiger partial charge in [-0.15, -0.1) is 0 Å². The van der Waals surface area contributed by atoms with E-state index in [2.05, 4.69) is 37.6 Å². The lowest BCUT2D eigenvalue weighted by Gasteiger charge is -2.12. The van der Waals surface area contributed by atoms with E-state index in [0.717, 1.165) is 16.8 Å². The molecule has 28 heavy (non-hydrogen) atoms. The third-order valence-electron chi connectivity index (χ3n) is 5.64. The summed E-state index contributed by atoms with van der Waals surface area (Å²) in [6.45, 7) is 9.96. The number of nitrogens with zero attached hydrogens (tertiary/aromatic N) is 1. The van der Waals surface area contributed by atoms with Crippen LogP contribution in [0.15, 0.2) is 34.9 Å².